The zero-order chi connectivity index (χ0) is 30.3. The average Bonchev–Trinajstić information content (AvgIpc) is 3.02. The Hall–Kier alpha value is -2.94. The molecule has 1 unspecified atom stereocenters. The molecular weight excluding hydrogens is 536 g/mol. The summed E-state index contributed by atoms with van der Waals surface area (Å²) in [6, 6.07) is 15.3. The van der Waals surface area contributed by atoms with Gasteiger partial charge in [-0.2, -0.15) is 0 Å². The molecule has 3 fully saturated rings. The number of hydrogen-bond donors (Lipinski definition) is 2. The van der Waals surface area contributed by atoms with Gasteiger partial charge in [-0.25, -0.2) is 0 Å². The highest BCUT2D eigenvalue weighted by Gasteiger charge is 2.34. The van der Waals surface area contributed by atoms with Gasteiger partial charge in [0.25, 0.3) is 0 Å². The molecule has 234 valence electrons. The molecule has 2 aromatic carbocycles. The first-order chi connectivity index (χ1) is 20.8. The van der Waals surface area contributed by atoms with Crippen molar-refractivity contribution in [3.63, 3.8) is 0 Å². The van der Waals surface area contributed by atoms with Crippen molar-refractivity contribution in [2.75, 3.05) is 65.1 Å². The molecule has 0 radical (unpaired) electrons. The quantitative estimate of drug-likeness (QED) is 0.437. The summed E-state index contributed by atoms with van der Waals surface area (Å²) in [4.78, 5) is 36.7. The maximum absolute atomic E-state index is 14.0. The first-order valence-corrected chi connectivity index (χ1v) is 16.4. The van der Waals surface area contributed by atoms with Crippen LogP contribution < -0.4 is 11.1 Å². The number of carbonyl (C=O) groups excluding carboxylic acids is 2. The minimum atomic E-state index is -0.327. The van der Waals surface area contributed by atoms with Crippen molar-refractivity contribution >= 4 is 17.5 Å². The lowest BCUT2D eigenvalue weighted by molar-refractivity contribution is -0.143. The molecular formula is C35H52N6O2. The summed E-state index contributed by atoms with van der Waals surface area (Å²) in [5, 5.41) is 3.63. The number of anilines is 1. The van der Waals surface area contributed by atoms with Crippen LogP contribution in [-0.2, 0) is 22.6 Å². The van der Waals surface area contributed by atoms with Crippen molar-refractivity contribution in [2.24, 2.45) is 5.92 Å². The van der Waals surface area contributed by atoms with E-state index in [2.05, 4.69) is 65.2 Å². The number of hydrogen-bond acceptors (Lipinski definition) is 6. The van der Waals surface area contributed by atoms with E-state index < -0.39 is 0 Å². The number of likely N-dealkylation sites (N-methyl/N-ethyl adjacent to an activating group) is 1. The lowest BCUT2D eigenvalue weighted by Gasteiger charge is -2.42. The molecule has 8 heteroatoms. The van der Waals surface area contributed by atoms with Crippen molar-refractivity contribution < 1.29 is 9.59 Å². The Morgan fingerprint density at radius 3 is 2.21 bits per heavy atom. The van der Waals surface area contributed by atoms with Gasteiger partial charge in [0.2, 0.25) is 11.8 Å². The Morgan fingerprint density at radius 1 is 0.860 bits per heavy atom. The number of para-hydroxylation sites is 1. The van der Waals surface area contributed by atoms with Crippen LogP contribution in [0.5, 0.6) is 0 Å². The van der Waals surface area contributed by atoms with Crippen LogP contribution in [0.2, 0.25) is 0 Å². The van der Waals surface area contributed by atoms with E-state index >= 15 is 0 Å². The second kappa shape index (κ2) is 14.7. The van der Waals surface area contributed by atoms with Crippen molar-refractivity contribution in [3.05, 3.63) is 64.7 Å². The summed E-state index contributed by atoms with van der Waals surface area (Å²) >= 11 is 0. The fraction of sp³-hybridized carbons (Fsp3) is 0.600. The van der Waals surface area contributed by atoms with Crippen molar-refractivity contribution in [1.29, 1.82) is 0 Å². The molecule has 0 bridgehead atoms. The van der Waals surface area contributed by atoms with E-state index in [1.54, 1.807) is 0 Å². The molecule has 3 saturated heterocycles. The number of nitrogens with two attached hydrogens (primary N) is 1. The monoisotopic (exact) mass is 588 g/mol. The number of nitrogens with zero attached hydrogens (tertiary/aromatic N) is 4. The number of rotatable bonds is 9. The Labute approximate surface area is 258 Å². The van der Waals surface area contributed by atoms with E-state index in [-0.39, 0.29) is 24.2 Å². The topological polar surface area (TPSA) is 85.1 Å². The largest absolute Gasteiger partial charge is 0.398 e. The van der Waals surface area contributed by atoms with Crippen LogP contribution in [0.25, 0.3) is 0 Å². The SMILES string of the molecule is Cc1ccc(CC(CC(=O)N2CCC(NCc3ccccc3N)CC2)C(=O)N2CCC(N3CCN(C)CC3)CC2)cc1C. The Balaban J connectivity index is 1.17. The highest BCUT2D eigenvalue weighted by molar-refractivity contribution is 5.86. The summed E-state index contributed by atoms with van der Waals surface area (Å²) in [6.07, 6.45) is 4.76. The molecule has 43 heavy (non-hydrogen) atoms. The van der Waals surface area contributed by atoms with Crippen molar-refractivity contribution in [2.45, 2.75) is 71.0 Å². The number of benzene rings is 2. The summed E-state index contributed by atoms with van der Waals surface area (Å²) in [7, 11) is 2.19. The summed E-state index contributed by atoms with van der Waals surface area (Å²) in [6.45, 7) is 12.5. The average molecular weight is 589 g/mol. The molecule has 2 aromatic rings. The molecule has 5 rings (SSSR count). The maximum atomic E-state index is 14.0. The number of aryl methyl sites for hydroxylation is 2. The van der Waals surface area contributed by atoms with E-state index in [9.17, 15) is 9.59 Å². The molecule has 3 N–H and O–H groups in total. The zero-order valence-corrected chi connectivity index (χ0v) is 26.6. The lowest BCUT2D eigenvalue weighted by atomic mass is 9.91. The Morgan fingerprint density at radius 2 is 1.53 bits per heavy atom. The number of nitrogens with one attached hydrogen (secondary N) is 1. The first kappa shape index (κ1) is 31.5. The minimum absolute atomic E-state index is 0.111. The Bertz CT molecular complexity index is 1230. The van der Waals surface area contributed by atoms with Gasteiger partial charge in [0.05, 0.1) is 5.92 Å². The van der Waals surface area contributed by atoms with Crippen LogP contribution in [-0.4, -0.2) is 103 Å². The van der Waals surface area contributed by atoms with Gasteiger partial charge >= 0.3 is 0 Å². The molecule has 3 aliphatic heterocycles. The summed E-state index contributed by atoms with van der Waals surface area (Å²) in [5.74, 6) is -0.0626. The van der Waals surface area contributed by atoms with Gasteiger partial charge < -0.3 is 25.8 Å². The normalized spacial score (nSPS) is 20.3. The molecule has 0 aromatic heterocycles. The number of nitrogen functional groups attached to an aromatic ring is 1. The molecule has 3 heterocycles. The second-order valence-corrected chi connectivity index (χ2v) is 13.2. The minimum Gasteiger partial charge on any atom is -0.398 e. The van der Waals surface area contributed by atoms with E-state index in [0.717, 1.165) is 101 Å². The number of piperazine rings is 1. The number of likely N-dealkylation sites (tertiary alicyclic amines) is 2. The maximum Gasteiger partial charge on any atom is 0.226 e. The highest BCUT2D eigenvalue weighted by Crippen LogP contribution is 2.25. The lowest BCUT2D eigenvalue weighted by Crippen LogP contribution is -2.53. The van der Waals surface area contributed by atoms with E-state index in [4.69, 9.17) is 5.73 Å². The van der Waals surface area contributed by atoms with Crippen LogP contribution in [0, 0.1) is 19.8 Å². The van der Waals surface area contributed by atoms with E-state index in [0.29, 0.717) is 18.5 Å². The second-order valence-electron chi connectivity index (χ2n) is 13.2. The summed E-state index contributed by atoms with van der Waals surface area (Å²) in [5.41, 5.74) is 11.7. The molecule has 1 atom stereocenters. The molecule has 0 saturated carbocycles. The third-order valence-electron chi connectivity index (χ3n) is 10.1. The van der Waals surface area contributed by atoms with Crippen LogP contribution >= 0.6 is 0 Å². The van der Waals surface area contributed by atoms with Gasteiger partial charge in [-0.15, -0.1) is 0 Å². The number of piperidine rings is 2. The molecule has 2 amide bonds. The molecule has 0 spiro atoms. The third-order valence-corrected chi connectivity index (χ3v) is 10.1. The predicted molar refractivity (Wildman–Crippen MR) is 174 cm³/mol. The van der Waals surface area contributed by atoms with Crippen LogP contribution in [0.3, 0.4) is 0 Å². The van der Waals surface area contributed by atoms with E-state index in [1.807, 2.05) is 23.1 Å². The fourth-order valence-corrected chi connectivity index (χ4v) is 6.98. The summed E-state index contributed by atoms with van der Waals surface area (Å²) < 4.78 is 0. The van der Waals surface area contributed by atoms with Gasteiger partial charge in [0.1, 0.15) is 0 Å². The van der Waals surface area contributed by atoms with Crippen molar-refractivity contribution in [1.82, 2.24) is 24.9 Å². The van der Waals surface area contributed by atoms with Gasteiger partial charge in [0.15, 0.2) is 0 Å². The van der Waals surface area contributed by atoms with Crippen molar-refractivity contribution in [3.8, 4) is 0 Å². The first-order valence-electron chi connectivity index (χ1n) is 16.4. The fourth-order valence-electron chi connectivity index (χ4n) is 6.98. The Kier molecular flexibility index (Phi) is 10.8. The molecule has 8 nitrogen and oxygen atoms in total. The zero-order valence-electron chi connectivity index (χ0n) is 26.6. The van der Waals surface area contributed by atoms with E-state index in [1.165, 1.54) is 11.1 Å². The van der Waals surface area contributed by atoms with Gasteiger partial charge in [-0.05, 0) is 81.3 Å². The highest BCUT2D eigenvalue weighted by atomic mass is 16.2. The van der Waals surface area contributed by atoms with Gasteiger partial charge in [0, 0.05) is 83.1 Å². The van der Waals surface area contributed by atoms with Gasteiger partial charge in [-0.1, -0.05) is 36.4 Å². The smallest absolute Gasteiger partial charge is 0.226 e. The third kappa shape index (κ3) is 8.37. The molecule has 0 aliphatic carbocycles. The van der Waals surface area contributed by atoms with Crippen LogP contribution in [0.1, 0.15) is 54.4 Å². The van der Waals surface area contributed by atoms with Gasteiger partial charge in [-0.3, -0.25) is 14.5 Å². The number of carbonyl (C=O) groups is 2. The molecule has 3 aliphatic rings. The number of amides is 2. The van der Waals surface area contributed by atoms with Crippen LogP contribution in [0.4, 0.5) is 5.69 Å². The standard InChI is InChI=1S/C35H52N6O2/c1-26-8-9-28(22-27(26)2)23-30(35(43)41-16-12-32(13-17-41)39-20-18-38(3)19-21-39)24-34(42)40-14-10-31(11-15-40)37-25-29-6-4-5-7-33(29)36/h4-9,22,30-32,37H,10-21,23-25,36H2,1-3H3. The predicted octanol–water partition coefficient (Wildman–Crippen LogP) is 3.45. The van der Waals surface area contributed by atoms with Crippen LogP contribution in [0.15, 0.2) is 42.5 Å².